The van der Waals surface area contributed by atoms with Gasteiger partial charge in [-0.05, 0) is 38.8 Å². The zero-order chi connectivity index (χ0) is 13.0. The van der Waals surface area contributed by atoms with Crippen molar-refractivity contribution >= 4 is 0 Å². The third-order valence-electron chi connectivity index (χ3n) is 4.43. The van der Waals surface area contributed by atoms with E-state index < -0.39 is 0 Å². The molecule has 1 atom stereocenters. The second kappa shape index (κ2) is 6.37. The average molecular weight is 249 g/mol. The van der Waals surface area contributed by atoms with Gasteiger partial charge < -0.3 is 5.32 Å². The van der Waals surface area contributed by atoms with Crippen molar-refractivity contribution in [3.63, 3.8) is 0 Å². The van der Waals surface area contributed by atoms with E-state index in [1.165, 1.54) is 56.3 Å². The Bertz CT molecular complexity index is 344. The van der Waals surface area contributed by atoms with Gasteiger partial charge in [0.15, 0.2) is 0 Å². The number of aromatic nitrogens is 2. The highest BCUT2D eigenvalue weighted by Crippen LogP contribution is 2.30. The zero-order valence-corrected chi connectivity index (χ0v) is 12.1. The first kappa shape index (κ1) is 13.6. The molecule has 1 N–H and O–H groups in total. The molecule has 1 unspecified atom stereocenters. The molecule has 0 radical (unpaired) electrons. The molecule has 1 heterocycles. The topological polar surface area (TPSA) is 29.9 Å². The van der Waals surface area contributed by atoms with Gasteiger partial charge in [0.05, 0.1) is 11.7 Å². The highest BCUT2D eigenvalue weighted by atomic mass is 15.3. The second-order valence-electron chi connectivity index (χ2n) is 5.76. The third-order valence-corrected chi connectivity index (χ3v) is 4.43. The molecular formula is C15H27N3. The molecule has 0 bridgehead atoms. The Labute approximate surface area is 111 Å². The van der Waals surface area contributed by atoms with E-state index in [0.29, 0.717) is 6.04 Å². The van der Waals surface area contributed by atoms with E-state index in [1.54, 1.807) is 0 Å². The lowest BCUT2D eigenvalue weighted by atomic mass is 9.85. The molecule has 0 amide bonds. The summed E-state index contributed by atoms with van der Waals surface area (Å²) in [6.07, 6.45) is 9.79. The zero-order valence-electron chi connectivity index (χ0n) is 12.1. The molecule has 18 heavy (non-hydrogen) atoms. The van der Waals surface area contributed by atoms with Gasteiger partial charge >= 0.3 is 0 Å². The maximum Gasteiger partial charge on any atom is 0.0796 e. The molecule has 3 heteroatoms. The minimum Gasteiger partial charge on any atom is -0.312 e. The van der Waals surface area contributed by atoms with Crippen LogP contribution in [0.5, 0.6) is 0 Å². The van der Waals surface area contributed by atoms with E-state index in [9.17, 15) is 0 Å². The van der Waals surface area contributed by atoms with Gasteiger partial charge in [-0.3, -0.25) is 4.68 Å². The van der Waals surface area contributed by atoms with Crippen molar-refractivity contribution in [1.29, 1.82) is 0 Å². The molecule has 1 aromatic heterocycles. The Morgan fingerprint density at radius 2 is 2.11 bits per heavy atom. The van der Waals surface area contributed by atoms with E-state index in [-0.39, 0.29) is 0 Å². The SMILES string of the molecule is CNC(CCC1CCCCC1)c1cc(C)n(C)n1. The van der Waals surface area contributed by atoms with Crippen molar-refractivity contribution in [2.75, 3.05) is 7.05 Å². The van der Waals surface area contributed by atoms with E-state index in [2.05, 4.69) is 30.5 Å². The first-order valence-corrected chi connectivity index (χ1v) is 7.38. The predicted octanol–water partition coefficient (Wildman–Crippen LogP) is 3.35. The molecule has 0 aromatic carbocycles. The minimum atomic E-state index is 0.423. The smallest absolute Gasteiger partial charge is 0.0796 e. The summed E-state index contributed by atoms with van der Waals surface area (Å²) in [4.78, 5) is 0. The second-order valence-corrected chi connectivity index (χ2v) is 5.76. The van der Waals surface area contributed by atoms with Crippen molar-refractivity contribution < 1.29 is 0 Å². The van der Waals surface area contributed by atoms with Crippen LogP contribution in [-0.2, 0) is 7.05 Å². The van der Waals surface area contributed by atoms with E-state index in [1.807, 2.05) is 11.7 Å². The van der Waals surface area contributed by atoms with Crippen LogP contribution in [0, 0.1) is 12.8 Å². The monoisotopic (exact) mass is 249 g/mol. The van der Waals surface area contributed by atoms with Crippen LogP contribution in [0.1, 0.15) is 62.4 Å². The van der Waals surface area contributed by atoms with Crippen molar-refractivity contribution in [3.05, 3.63) is 17.5 Å². The van der Waals surface area contributed by atoms with Gasteiger partial charge in [0.2, 0.25) is 0 Å². The molecule has 0 spiro atoms. The van der Waals surface area contributed by atoms with Crippen LogP contribution >= 0.6 is 0 Å². The minimum absolute atomic E-state index is 0.423. The van der Waals surface area contributed by atoms with Gasteiger partial charge in [-0.2, -0.15) is 5.10 Å². The lowest BCUT2D eigenvalue weighted by molar-refractivity contribution is 0.316. The van der Waals surface area contributed by atoms with Gasteiger partial charge in [-0.1, -0.05) is 32.1 Å². The molecule has 2 rings (SSSR count). The maximum absolute atomic E-state index is 4.60. The first-order valence-electron chi connectivity index (χ1n) is 7.38. The van der Waals surface area contributed by atoms with Crippen LogP contribution in [0.15, 0.2) is 6.07 Å². The molecule has 1 saturated carbocycles. The largest absolute Gasteiger partial charge is 0.312 e. The number of hydrogen-bond donors (Lipinski definition) is 1. The average Bonchev–Trinajstić information content (AvgIpc) is 2.71. The van der Waals surface area contributed by atoms with Gasteiger partial charge in [-0.25, -0.2) is 0 Å². The summed E-state index contributed by atoms with van der Waals surface area (Å²) >= 11 is 0. The summed E-state index contributed by atoms with van der Waals surface area (Å²) in [5.74, 6) is 0.958. The van der Waals surface area contributed by atoms with Gasteiger partial charge in [-0.15, -0.1) is 0 Å². The standard InChI is InChI=1S/C15H27N3/c1-12-11-15(17-18(12)3)14(16-2)10-9-13-7-5-4-6-8-13/h11,13-14,16H,4-10H2,1-3H3. The lowest BCUT2D eigenvalue weighted by Crippen LogP contribution is -2.19. The molecule has 102 valence electrons. The highest BCUT2D eigenvalue weighted by molar-refractivity contribution is 5.12. The number of nitrogens with zero attached hydrogens (tertiary/aromatic N) is 2. The van der Waals surface area contributed by atoms with E-state index in [4.69, 9.17) is 0 Å². The molecule has 0 aliphatic heterocycles. The summed E-state index contributed by atoms with van der Waals surface area (Å²) in [5, 5.41) is 8.02. The summed E-state index contributed by atoms with van der Waals surface area (Å²) in [7, 11) is 4.07. The number of aryl methyl sites for hydroxylation is 2. The Morgan fingerprint density at radius 3 is 2.67 bits per heavy atom. The Hall–Kier alpha value is -0.830. The fourth-order valence-corrected chi connectivity index (χ4v) is 3.08. The molecular weight excluding hydrogens is 222 g/mol. The summed E-state index contributed by atoms with van der Waals surface area (Å²) < 4.78 is 1.97. The highest BCUT2D eigenvalue weighted by Gasteiger charge is 2.18. The molecule has 3 nitrogen and oxygen atoms in total. The van der Waals surface area contributed by atoms with E-state index >= 15 is 0 Å². The number of rotatable bonds is 5. The third kappa shape index (κ3) is 3.35. The van der Waals surface area contributed by atoms with Gasteiger partial charge in [0, 0.05) is 12.7 Å². The van der Waals surface area contributed by atoms with Gasteiger partial charge in [0.25, 0.3) is 0 Å². The van der Waals surface area contributed by atoms with Gasteiger partial charge in [0.1, 0.15) is 0 Å². The van der Waals surface area contributed by atoms with Crippen molar-refractivity contribution in [1.82, 2.24) is 15.1 Å². The number of nitrogens with one attached hydrogen (secondary N) is 1. The van der Waals surface area contributed by atoms with Crippen LogP contribution < -0.4 is 5.32 Å². The van der Waals surface area contributed by atoms with Crippen LogP contribution in [0.25, 0.3) is 0 Å². The molecule has 1 aliphatic rings. The van der Waals surface area contributed by atoms with Crippen molar-refractivity contribution in [2.45, 2.75) is 57.9 Å². The van der Waals surface area contributed by atoms with Crippen LogP contribution in [-0.4, -0.2) is 16.8 Å². The normalized spacial score (nSPS) is 19.1. The molecule has 0 saturated heterocycles. The maximum atomic E-state index is 4.60. The van der Waals surface area contributed by atoms with Crippen LogP contribution in [0.3, 0.4) is 0 Å². The summed E-state index contributed by atoms with van der Waals surface area (Å²) in [5.41, 5.74) is 2.44. The summed E-state index contributed by atoms with van der Waals surface area (Å²) in [6.45, 7) is 2.12. The van der Waals surface area contributed by atoms with E-state index in [0.717, 1.165) is 5.92 Å². The first-order chi connectivity index (χ1) is 8.70. The van der Waals surface area contributed by atoms with Crippen LogP contribution in [0.2, 0.25) is 0 Å². The Morgan fingerprint density at radius 1 is 1.39 bits per heavy atom. The molecule has 1 aromatic rings. The Balaban J connectivity index is 1.88. The molecule has 1 fully saturated rings. The van der Waals surface area contributed by atoms with Crippen molar-refractivity contribution in [2.24, 2.45) is 13.0 Å². The number of hydrogen-bond acceptors (Lipinski definition) is 2. The van der Waals surface area contributed by atoms with Crippen LogP contribution in [0.4, 0.5) is 0 Å². The lowest BCUT2D eigenvalue weighted by Gasteiger charge is -2.23. The molecule has 1 aliphatic carbocycles. The fourth-order valence-electron chi connectivity index (χ4n) is 3.08. The Kier molecular flexibility index (Phi) is 4.81. The predicted molar refractivity (Wildman–Crippen MR) is 75.6 cm³/mol. The fraction of sp³-hybridized carbons (Fsp3) is 0.800. The quantitative estimate of drug-likeness (QED) is 0.867. The summed E-state index contributed by atoms with van der Waals surface area (Å²) in [6, 6.07) is 2.63. The van der Waals surface area contributed by atoms with Crippen molar-refractivity contribution in [3.8, 4) is 0 Å².